The van der Waals surface area contributed by atoms with Gasteiger partial charge in [-0.2, -0.15) is 0 Å². The van der Waals surface area contributed by atoms with Gasteiger partial charge < -0.3 is 25.0 Å². The van der Waals surface area contributed by atoms with Gasteiger partial charge in [0.25, 0.3) is 0 Å². The van der Waals surface area contributed by atoms with Crippen LogP contribution in [-0.2, 0) is 0 Å². The Kier molecular flexibility index (Phi) is 4.85. The number of anilines is 1. The van der Waals surface area contributed by atoms with Crippen molar-refractivity contribution in [2.45, 2.75) is 30.8 Å². The molecule has 3 heterocycles. The molecule has 0 bridgehead atoms. The van der Waals surface area contributed by atoms with Crippen molar-refractivity contribution in [3.05, 3.63) is 63.7 Å². The van der Waals surface area contributed by atoms with Crippen LogP contribution in [0.15, 0.2) is 41.3 Å². The summed E-state index contributed by atoms with van der Waals surface area (Å²) < 4.78 is 22.0. The first-order valence-corrected chi connectivity index (χ1v) is 10.5. The van der Waals surface area contributed by atoms with E-state index in [0.29, 0.717) is 18.7 Å². The summed E-state index contributed by atoms with van der Waals surface area (Å²) in [4.78, 5) is 30.5. The van der Waals surface area contributed by atoms with Gasteiger partial charge in [0.2, 0.25) is 5.43 Å². The number of carbonyl (C=O) groups is 1. The second-order valence-corrected chi connectivity index (χ2v) is 8.43. The Morgan fingerprint density at radius 3 is 2.59 bits per heavy atom. The number of hydrogen-bond acceptors (Lipinski definition) is 6. The number of benzene rings is 1. The van der Waals surface area contributed by atoms with Crippen molar-refractivity contribution in [3.8, 4) is 5.75 Å². The number of pyridine rings is 2. The zero-order chi connectivity index (χ0) is 22.6. The van der Waals surface area contributed by atoms with Crippen LogP contribution in [0.25, 0.3) is 11.0 Å². The molecule has 0 radical (unpaired) electrons. The van der Waals surface area contributed by atoms with E-state index in [4.69, 9.17) is 10.5 Å². The Morgan fingerprint density at radius 1 is 1.25 bits per heavy atom. The van der Waals surface area contributed by atoms with Crippen LogP contribution in [-0.4, -0.2) is 46.9 Å². The third kappa shape index (κ3) is 3.38. The molecule has 2 fully saturated rings. The van der Waals surface area contributed by atoms with E-state index >= 15 is 4.39 Å². The molecule has 3 aromatic rings. The van der Waals surface area contributed by atoms with Crippen LogP contribution in [0.5, 0.6) is 5.75 Å². The van der Waals surface area contributed by atoms with Gasteiger partial charge in [-0.1, -0.05) is 12.1 Å². The van der Waals surface area contributed by atoms with Crippen LogP contribution in [0.1, 0.15) is 40.7 Å². The van der Waals surface area contributed by atoms with Crippen molar-refractivity contribution in [1.29, 1.82) is 0 Å². The highest BCUT2D eigenvalue weighted by Crippen LogP contribution is 2.38. The molecule has 3 N–H and O–H groups in total. The van der Waals surface area contributed by atoms with Gasteiger partial charge in [0.15, 0.2) is 11.6 Å². The summed E-state index contributed by atoms with van der Waals surface area (Å²) in [5.74, 6) is -1.14. The Labute approximate surface area is 183 Å². The minimum atomic E-state index is -1.33. The number of nitrogens with zero attached hydrogens (tertiary/aromatic N) is 3. The molecule has 32 heavy (non-hydrogen) atoms. The van der Waals surface area contributed by atoms with Gasteiger partial charge in [-0.05, 0) is 36.6 Å². The molecule has 0 unspecified atom stereocenters. The number of hydrogen-bond donors (Lipinski definition) is 2. The number of nitrogens with two attached hydrogens (primary N) is 1. The molecule has 166 valence electrons. The number of carboxylic acids is 1. The van der Waals surface area contributed by atoms with Crippen molar-refractivity contribution in [1.82, 2.24) is 9.55 Å². The van der Waals surface area contributed by atoms with Crippen LogP contribution < -0.4 is 20.8 Å². The van der Waals surface area contributed by atoms with Crippen molar-refractivity contribution < 1.29 is 19.0 Å². The number of aromatic nitrogens is 2. The summed E-state index contributed by atoms with van der Waals surface area (Å²) >= 11 is 0. The molecule has 9 heteroatoms. The van der Waals surface area contributed by atoms with Crippen LogP contribution in [0.4, 0.5) is 10.2 Å². The molecule has 0 amide bonds. The predicted molar refractivity (Wildman–Crippen MR) is 117 cm³/mol. The molecule has 2 aliphatic rings. The smallest absolute Gasteiger partial charge is 0.341 e. The van der Waals surface area contributed by atoms with Crippen molar-refractivity contribution in [2.24, 2.45) is 5.73 Å². The molecule has 1 aliphatic heterocycles. The second-order valence-electron chi connectivity index (χ2n) is 8.43. The summed E-state index contributed by atoms with van der Waals surface area (Å²) in [6.07, 6.45) is 3.05. The first-order valence-electron chi connectivity index (χ1n) is 10.5. The Bertz CT molecular complexity index is 1270. The number of fused-ring (bicyclic) bond motifs is 1. The maximum absolute atomic E-state index is 15.1. The molecule has 1 aliphatic carbocycles. The first-order chi connectivity index (χ1) is 15.4. The van der Waals surface area contributed by atoms with Crippen LogP contribution in [0, 0.1) is 5.82 Å². The lowest BCUT2D eigenvalue weighted by Crippen LogP contribution is -2.29. The standard InChI is InChI=1S/C23H23FN4O4/c1-32-14-6-2-12(3-7-14)16-9-27(11-19(16)25)22-18(24)8-15-20(29)17(23(30)31)10-28(13-4-5-13)21(15)26-22/h2-3,6-8,10,13,16,19H,4-5,9,11,25H2,1H3,(H,30,31)/t16-,19-/m0/s1. The zero-order valence-corrected chi connectivity index (χ0v) is 17.5. The molecule has 2 aromatic heterocycles. The molecule has 8 nitrogen and oxygen atoms in total. The molecule has 1 saturated heterocycles. The number of halogens is 1. The van der Waals surface area contributed by atoms with E-state index in [-0.39, 0.29) is 34.8 Å². The van der Waals surface area contributed by atoms with E-state index in [0.717, 1.165) is 30.2 Å². The quantitative estimate of drug-likeness (QED) is 0.630. The van der Waals surface area contributed by atoms with E-state index < -0.39 is 17.2 Å². The number of aromatic carboxylic acids is 1. The van der Waals surface area contributed by atoms with E-state index in [9.17, 15) is 14.7 Å². The Balaban J connectivity index is 1.55. The van der Waals surface area contributed by atoms with Gasteiger partial charge in [-0.25, -0.2) is 14.2 Å². The lowest BCUT2D eigenvalue weighted by atomic mass is 9.95. The van der Waals surface area contributed by atoms with Gasteiger partial charge >= 0.3 is 5.97 Å². The normalized spacial score (nSPS) is 20.7. The maximum atomic E-state index is 15.1. The molecule has 1 aromatic carbocycles. The fourth-order valence-electron chi connectivity index (χ4n) is 4.45. The SMILES string of the molecule is COc1ccc([C@@H]2CN(c3nc4c(cc3F)c(=O)c(C(=O)O)cn4C3CC3)C[C@@H]2N)cc1. The van der Waals surface area contributed by atoms with Crippen molar-refractivity contribution in [3.63, 3.8) is 0 Å². The van der Waals surface area contributed by atoms with E-state index in [1.807, 2.05) is 24.3 Å². The highest BCUT2D eigenvalue weighted by atomic mass is 19.1. The van der Waals surface area contributed by atoms with E-state index in [1.165, 1.54) is 6.20 Å². The van der Waals surface area contributed by atoms with E-state index in [1.54, 1.807) is 16.6 Å². The van der Waals surface area contributed by atoms with E-state index in [2.05, 4.69) is 4.98 Å². The highest BCUT2D eigenvalue weighted by molar-refractivity contribution is 5.92. The number of rotatable bonds is 5. The summed E-state index contributed by atoms with van der Waals surface area (Å²) in [6.45, 7) is 0.886. The fraction of sp³-hybridized carbons (Fsp3) is 0.348. The predicted octanol–water partition coefficient (Wildman–Crippen LogP) is 2.51. The first kappa shape index (κ1) is 20.4. The summed E-state index contributed by atoms with van der Waals surface area (Å²) in [5, 5.41) is 9.37. The maximum Gasteiger partial charge on any atom is 0.341 e. The molecule has 0 spiro atoms. The fourth-order valence-corrected chi connectivity index (χ4v) is 4.45. The number of methoxy groups -OCH3 is 1. The van der Waals surface area contributed by atoms with Gasteiger partial charge in [-0.3, -0.25) is 4.79 Å². The molecule has 1 saturated carbocycles. The van der Waals surface area contributed by atoms with Crippen molar-refractivity contribution in [2.75, 3.05) is 25.1 Å². The molecular weight excluding hydrogens is 415 g/mol. The minimum absolute atomic E-state index is 0.0159. The number of carboxylic acid groups (broad SMARTS) is 1. The Hall–Kier alpha value is -3.46. The largest absolute Gasteiger partial charge is 0.497 e. The molecule has 2 atom stereocenters. The molecular formula is C23H23FN4O4. The minimum Gasteiger partial charge on any atom is -0.497 e. The topological polar surface area (TPSA) is 111 Å². The summed E-state index contributed by atoms with van der Waals surface area (Å²) in [7, 11) is 1.60. The van der Waals surface area contributed by atoms with Gasteiger partial charge in [0.1, 0.15) is 17.0 Å². The monoisotopic (exact) mass is 438 g/mol. The second kappa shape index (κ2) is 7.59. The van der Waals surface area contributed by atoms with Crippen molar-refractivity contribution >= 4 is 22.8 Å². The highest BCUT2D eigenvalue weighted by Gasteiger charge is 2.34. The third-order valence-electron chi connectivity index (χ3n) is 6.32. The molecule has 5 rings (SSSR count). The van der Waals surface area contributed by atoms with Gasteiger partial charge in [-0.15, -0.1) is 0 Å². The van der Waals surface area contributed by atoms with Gasteiger partial charge in [0.05, 0.1) is 12.5 Å². The number of ether oxygens (including phenoxy) is 1. The lowest BCUT2D eigenvalue weighted by Gasteiger charge is -2.20. The van der Waals surface area contributed by atoms with Crippen LogP contribution >= 0.6 is 0 Å². The average molecular weight is 438 g/mol. The summed E-state index contributed by atoms with van der Waals surface area (Å²) in [5.41, 5.74) is 6.63. The Morgan fingerprint density at radius 2 is 1.97 bits per heavy atom. The van der Waals surface area contributed by atoms with Gasteiger partial charge in [0, 0.05) is 37.3 Å². The summed E-state index contributed by atoms with van der Waals surface area (Å²) in [6, 6.07) is 8.60. The van der Waals surface area contributed by atoms with Crippen LogP contribution in [0.2, 0.25) is 0 Å². The van der Waals surface area contributed by atoms with Crippen LogP contribution in [0.3, 0.4) is 0 Å². The zero-order valence-electron chi connectivity index (χ0n) is 17.5. The lowest BCUT2D eigenvalue weighted by molar-refractivity contribution is 0.0695. The third-order valence-corrected chi connectivity index (χ3v) is 6.32. The average Bonchev–Trinajstić information content (AvgIpc) is 3.55.